The highest BCUT2D eigenvalue weighted by atomic mass is 35.5. The lowest BCUT2D eigenvalue weighted by Crippen LogP contribution is -2.10. The number of fused-ring (bicyclic) bond motifs is 1. The van der Waals surface area contributed by atoms with Crippen molar-refractivity contribution in [2.45, 2.75) is 24.4 Å². The molecule has 0 fully saturated rings. The highest BCUT2D eigenvalue weighted by Crippen LogP contribution is 2.31. The largest absolute Gasteiger partial charge is 0.441 e. The quantitative estimate of drug-likeness (QED) is 0.800. The van der Waals surface area contributed by atoms with Gasteiger partial charge in [0.1, 0.15) is 11.3 Å². The molecular formula is C11H11ClF3N3S. The van der Waals surface area contributed by atoms with E-state index in [0.29, 0.717) is 11.3 Å². The van der Waals surface area contributed by atoms with Crippen LogP contribution < -0.4 is 0 Å². The van der Waals surface area contributed by atoms with Crippen molar-refractivity contribution in [3.63, 3.8) is 0 Å². The van der Waals surface area contributed by atoms with Crippen molar-refractivity contribution in [3.8, 4) is 0 Å². The minimum atomic E-state index is -4.22. The Hall–Kier alpha value is -0.950. The van der Waals surface area contributed by atoms with Gasteiger partial charge in [-0.25, -0.2) is 4.98 Å². The highest BCUT2D eigenvalue weighted by molar-refractivity contribution is 8.00. The van der Waals surface area contributed by atoms with Crippen LogP contribution in [0.2, 0.25) is 0 Å². The predicted molar refractivity (Wildman–Crippen MR) is 70.3 cm³/mol. The molecule has 19 heavy (non-hydrogen) atoms. The number of nitrogens with zero attached hydrogens (tertiary/aromatic N) is 3. The summed E-state index contributed by atoms with van der Waals surface area (Å²) >= 11 is 5.97. The first kappa shape index (κ1) is 14.5. The summed E-state index contributed by atoms with van der Waals surface area (Å²) in [5, 5.41) is -0.372. The van der Waals surface area contributed by atoms with Crippen LogP contribution in [0, 0.1) is 0 Å². The maximum absolute atomic E-state index is 12.2. The minimum absolute atomic E-state index is 0.0465. The summed E-state index contributed by atoms with van der Waals surface area (Å²) in [6, 6.07) is 1.73. The van der Waals surface area contributed by atoms with Crippen molar-refractivity contribution in [3.05, 3.63) is 24.3 Å². The Kier molecular flexibility index (Phi) is 4.25. The summed E-state index contributed by atoms with van der Waals surface area (Å²) in [6.45, 7) is 1.95. The SMILES string of the molecule is CC(Cl)c1nc2cnccc2n1CCSC(F)(F)F. The molecular weight excluding hydrogens is 299 g/mol. The van der Waals surface area contributed by atoms with Gasteiger partial charge in [0.25, 0.3) is 0 Å². The number of hydrogen-bond acceptors (Lipinski definition) is 3. The molecule has 0 spiro atoms. The fraction of sp³-hybridized carbons (Fsp3) is 0.455. The summed E-state index contributed by atoms with van der Waals surface area (Å²) < 4.78 is 38.2. The number of halogens is 4. The number of aromatic nitrogens is 3. The minimum Gasteiger partial charge on any atom is -0.326 e. The van der Waals surface area contributed by atoms with Gasteiger partial charge in [0.2, 0.25) is 0 Å². The lowest BCUT2D eigenvalue weighted by molar-refractivity contribution is -0.0328. The smallest absolute Gasteiger partial charge is 0.326 e. The Morgan fingerprint density at radius 3 is 2.84 bits per heavy atom. The van der Waals surface area contributed by atoms with Crippen LogP contribution in [0.5, 0.6) is 0 Å². The van der Waals surface area contributed by atoms with Gasteiger partial charge in [-0.05, 0) is 24.8 Å². The van der Waals surface area contributed by atoms with Gasteiger partial charge < -0.3 is 4.57 Å². The van der Waals surface area contributed by atoms with E-state index >= 15 is 0 Å². The molecule has 2 aromatic heterocycles. The molecule has 0 radical (unpaired) electrons. The Bertz CT molecular complexity index is 568. The molecule has 2 aromatic rings. The van der Waals surface area contributed by atoms with E-state index in [-0.39, 0.29) is 29.4 Å². The van der Waals surface area contributed by atoms with Crippen molar-refractivity contribution in [2.75, 3.05) is 5.75 Å². The van der Waals surface area contributed by atoms with Crippen molar-refractivity contribution >= 4 is 34.4 Å². The van der Waals surface area contributed by atoms with E-state index in [1.807, 2.05) is 0 Å². The predicted octanol–water partition coefficient (Wildman–Crippen LogP) is 3.98. The molecule has 2 heterocycles. The molecule has 0 bridgehead atoms. The lowest BCUT2D eigenvalue weighted by atomic mass is 10.4. The van der Waals surface area contributed by atoms with E-state index < -0.39 is 5.51 Å². The number of pyridine rings is 1. The lowest BCUT2D eigenvalue weighted by Gasteiger charge is -2.11. The number of thioether (sulfide) groups is 1. The Morgan fingerprint density at radius 2 is 2.21 bits per heavy atom. The first-order chi connectivity index (χ1) is 8.88. The zero-order chi connectivity index (χ0) is 14.0. The number of alkyl halides is 4. The Balaban J connectivity index is 2.27. The standard InChI is InChI=1S/C11H11ClF3N3S/c1-7(12)10-17-8-6-16-3-2-9(8)18(10)4-5-19-11(13,14)15/h2-3,6-7H,4-5H2,1H3. The molecule has 0 N–H and O–H groups in total. The second-order valence-corrected chi connectivity index (χ2v) is 5.71. The maximum atomic E-state index is 12.2. The molecule has 1 atom stereocenters. The van der Waals surface area contributed by atoms with E-state index in [1.165, 1.54) is 0 Å². The normalized spacial score (nSPS) is 13.9. The molecule has 104 valence electrons. The number of aryl methyl sites for hydroxylation is 1. The van der Waals surface area contributed by atoms with Crippen LogP contribution in [0.1, 0.15) is 18.1 Å². The van der Waals surface area contributed by atoms with Crippen LogP contribution in [-0.4, -0.2) is 25.8 Å². The van der Waals surface area contributed by atoms with Crippen LogP contribution in [0.4, 0.5) is 13.2 Å². The number of imidazole rings is 1. The average Bonchev–Trinajstić information content (AvgIpc) is 2.67. The van der Waals surface area contributed by atoms with E-state index in [0.717, 1.165) is 5.52 Å². The molecule has 0 amide bonds. The van der Waals surface area contributed by atoms with E-state index in [4.69, 9.17) is 11.6 Å². The van der Waals surface area contributed by atoms with E-state index in [2.05, 4.69) is 9.97 Å². The fourth-order valence-electron chi connectivity index (χ4n) is 1.79. The highest BCUT2D eigenvalue weighted by Gasteiger charge is 2.28. The van der Waals surface area contributed by atoms with Gasteiger partial charge in [0, 0.05) is 18.5 Å². The van der Waals surface area contributed by atoms with Gasteiger partial charge in [-0.1, -0.05) is 0 Å². The second-order valence-electron chi connectivity index (χ2n) is 3.90. The molecule has 0 aliphatic rings. The zero-order valence-electron chi connectivity index (χ0n) is 9.99. The van der Waals surface area contributed by atoms with Crippen molar-refractivity contribution in [1.82, 2.24) is 14.5 Å². The molecule has 3 nitrogen and oxygen atoms in total. The van der Waals surface area contributed by atoms with Gasteiger partial charge in [0.05, 0.1) is 17.1 Å². The summed E-state index contributed by atoms with van der Waals surface area (Å²) in [4.78, 5) is 8.25. The Morgan fingerprint density at radius 1 is 1.47 bits per heavy atom. The first-order valence-corrected chi connectivity index (χ1v) is 6.95. The summed E-state index contributed by atoms with van der Waals surface area (Å²) in [5.41, 5.74) is -2.83. The first-order valence-electron chi connectivity index (χ1n) is 5.53. The van der Waals surface area contributed by atoms with Crippen LogP contribution in [-0.2, 0) is 6.54 Å². The molecule has 0 aliphatic carbocycles. The molecule has 0 saturated carbocycles. The number of rotatable bonds is 4. The third-order valence-electron chi connectivity index (χ3n) is 2.52. The van der Waals surface area contributed by atoms with Gasteiger partial charge in [0.15, 0.2) is 0 Å². The summed E-state index contributed by atoms with van der Waals surface area (Å²) in [5.74, 6) is 0.487. The van der Waals surface area contributed by atoms with Crippen LogP contribution in [0.25, 0.3) is 11.0 Å². The third kappa shape index (κ3) is 3.54. The van der Waals surface area contributed by atoms with Crippen LogP contribution in [0.15, 0.2) is 18.5 Å². The molecule has 8 heteroatoms. The Labute approximate surface area is 117 Å². The zero-order valence-corrected chi connectivity index (χ0v) is 11.6. The van der Waals surface area contributed by atoms with Crippen molar-refractivity contribution in [2.24, 2.45) is 0 Å². The average molecular weight is 310 g/mol. The van der Waals surface area contributed by atoms with Crippen molar-refractivity contribution in [1.29, 1.82) is 0 Å². The third-order valence-corrected chi connectivity index (χ3v) is 3.43. The molecule has 2 rings (SSSR count). The topological polar surface area (TPSA) is 30.7 Å². The summed E-state index contributed by atoms with van der Waals surface area (Å²) in [7, 11) is 0. The van der Waals surface area contributed by atoms with Gasteiger partial charge >= 0.3 is 5.51 Å². The van der Waals surface area contributed by atoms with Crippen LogP contribution in [0.3, 0.4) is 0 Å². The second kappa shape index (κ2) is 5.58. The summed E-state index contributed by atoms with van der Waals surface area (Å²) in [6.07, 6.45) is 3.16. The molecule has 0 aromatic carbocycles. The van der Waals surface area contributed by atoms with Gasteiger partial charge in [-0.3, -0.25) is 4.98 Å². The monoisotopic (exact) mass is 309 g/mol. The van der Waals surface area contributed by atoms with E-state index in [1.54, 1.807) is 30.0 Å². The van der Waals surface area contributed by atoms with E-state index in [9.17, 15) is 13.2 Å². The van der Waals surface area contributed by atoms with Crippen LogP contribution >= 0.6 is 23.4 Å². The molecule has 1 unspecified atom stereocenters. The van der Waals surface area contributed by atoms with Crippen molar-refractivity contribution < 1.29 is 13.2 Å². The van der Waals surface area contributed by atoms with Gasteiger partial charge in [-0.2, -0.15) is 13.2 Å². The fourth-order valence-corrected chi connectivity index (χ4v) is 2.46. The maximum Gasteiger partial charge on any atom is 0.441 e. The van der Waals surface area contributed by atoms with Gasteiger partial charge in [-0.15, -0.1) is 11.6 Å². The number of hydrogen-bond donors (Lipinski definition) is 0. The molecule has 0 saturated heterocycles. The molecule has 0 aliphatic heterocycles.